The minimum absolute atomic E-state index is 0.00362. The topological polar surface area (TPSA) is 93.9 Å². The third-order valence-corrected chi connectivity index (χ3v) is 3.39. The molecule has 1 N–H and O–H groups in total. The molecule has 0 radical (unpaired) electrons. The van der Waals surface area contributed by atoms with Crippen LogP contribution in [0.25, 0.3) is 0 Å². The van der Waals surface area contributed by atoms with Crippen LogP contribution >= 0.6 is 0 Å². The molecule has 0 aliphatic heterocycles. The highest BCUT2D eigenvalue weighted by molar-refractivity contribution is 5.92. The van der Waals surface area contributed by atoms with Crippen molar-refractivity contribution in [1.29, 1.82) is 0 Å². The first-order valence-electron chi connectivity index (χ1n) is 7.43. The van der Waals surface area contributed by atoms with Gasteiger partial charge in [-0.15, -0.1) is 0 Å². The number of carbonyl (C=O) groups is 1. The number of nitrogens with one attached hydrogen (secondary N) is 1. The van der Waals surface area contributed by atoms with Gasteiger partial charge in [0, 0.05) is 25.5 Å². The minimum atomic E-state index is -0.588. The van der Waals surface area contributed by atoms with Crippen LogP contribution < -0.4 is 19.7 Å². The van der Waals surface area contributed by atoms with Crippen LogP contribution in [0.4, 0.5) is 17.1 Å². The number of nitro benzene ring substituents is 1. The highest BCUT2D eigenvalue weighted by Gasteiger charge is 2.17. The molecule has 8 heteroatoms. The van der Waals surface area contributed by atoms with Crippen molar-refractivity contribution in [3.05, 3.63) is 52.6 Å². The van der Waals surface area contributed by atoms with Crippen LogP contribution in [0.5, 0.6) is 11.5 Å². The summed E-state index contributed by atoms with van der Waals surface area (Å²) in [6.07, 6.45) is 0. The SMILES string of the molecule is COc1ccc(OCC(=O)Nc2ccc(N(C)C)cc2)c([N+](=O)[O-])c1. The Morgan fingerprint density at radius 1 is 1.20 bits per heavy atom. The first kappa shape index (κ1) is 18.1. The zero-order valence-electron chi connectivity index (χ0n) is 14.2. The van der Waals surface area contributed by atoms with Crippen molar-refractivity contribution in [2.24, 2.45) is 0 Å². The van der Waals surface area contributed by atoms with Gasteiger partial charge in [-0.25, -0.2) is 0 Å². The van der Waals surface area contributed by atoms with Crippen molar-refractivity contribution in [2.45, 2.75) is 0 Å². The van der Waals surface area contributed by atoms with Gasteiger partial charge in [0.25, 0.3) is 5.91 Å². The van der Waals surface area contributed by atoms with E-state index in [0.29, 0.717) is 11.4 Å². The summed E-state index contributed by atoms with van der Waals surface area (Å²) in [6, 6.07) is 11.4. The van der Waals surface area contributed by atoms with Gasteiger partial charge in [0.15, 0.2) is 12.4 Å². The van der Waals surface area contributed by atoms with E-state index in [1.807, 2.05) is 31.1 Å². The van der Waals surface area contributed by atoms with Crippen LogP contribution in [0.1, 0.15) is 0 Å². The second kappa shape index (κ2) is 8.00. The lowest BCUT2D eigenvalue weighted by atomic mass is 10.2. The van der Waals surface area contributed by atoms with Gasteiger partial charge in [-0.3, -0.25) is 14.9 Å². The highest BCUT2D eigenvalue weighted by Crippen LogP contribution is 2.31. The van der Waals surface area contributed by atoms with E-state index < -0.39 is 10.8 Å². The average Bonchev–Trinajstić information content (AvgIpc) is 2.60. The smallest absolute Gasteiger partial charge is 0.314 e. The van der Waals surface area contributed by atoms with Gasteiger partial charge >= 0.3 is 5.69 Å². The van der Waals surface area contributed by atoms with Gasteiger partial charge in [-0.1, -0.05) is 0 Å². The number of methoxy groups -OCH3 is 1. The lowest BCUT2D eigenvalue weighted by Gasteiger charge is -2.13. The molecule has 1 amide bonds. The van der Waals surface area contributed by atoms with Crippen molar-refractivity contribution >= 4 is 23.0 Å². The molecule has 25 heavy (non-hydrogen) atoms. The Hall–Kier alpha value is -3.29. The molecule has 8 nitrogen and oxygen atoms in total. The third-order valence-electron chi connectivity index (χ3n) is 3.39. The first-order chi connectivity index (χ1) is 11.9. The van der Waals surface area contributed by atoms with Crippen LogP contribution in [0.15, 0.2) is 42.5 Å². The number of ether oxygens (including phenoxy) is 2. The Labute approximate surface area is 145 Å². The third kappa shape index (κ3) is 4.84. The van der Waals surface area contributed by atoms with Crippen LogP contribution in [0.3, 0.4) is 0 Å². The van der Waals surface area contributed by atoms with Crippen LogP contribution in [0.2, 0.25) is 0 Å². The number of amides is 1. The number of rotatable bonds is 7. The van der Waals surface area contributed by atoms with Crippen molar-refractivity contribution < 1.29 is 19.2 Å². The Balaban J connectivity index is 1.99. The molecule has 0 unspecified atom stereocenters. The number of nitro groups is 1. The number of carbonyl (C=O) groups excluding carboxylic acids is 1. The first-order valence-corrected chi connectivity index (χ1v) is 7.43. The van der Waals surface area contributed by atoms with Crippen molar-refractivity contribution in [2.75, 3.05) is 38.0 Å². The van der Waals surface area contributed by atoms with E-state index in [2.05, 4.69) is 5.32 Å². The average molecular weight is 345 g/mol. The Kier molecular flexibility index (Phi) is 5.78. The Bertz CT molecular complexity index is 759. The van der Waals surface area contributed by atoms with Gasteiger partial charge in [0.2, 0.25) is 0 Å². The molecule has 0 saturated heterocycles. The molecule has 2 rings (SSSR count). The maximum atomic E-state index is 12.0. The van der Waals surface area contributed by atoms with Crippen molar-refractivity contribution in [3.8, 4) is 11.5 Å². The van der Waals surface area contributed by atoms with Gasteiger partial charge in [-0.05, 0) is 36.4 Å². The molecule has 0 aliphatic rings. The second-order valence-corrected chi connectivity index (χ2v) is 5.37. The van der Waals surface area contributed by atoms with E-state index in [1.165, 1.54) is 25.3 Å². The summed E-state index contributed by atoms with van der Waals surface area (Å²) in [6.45, 7) is -0.345. The number of nitrogens with zero attached hydrogens (tertiary/aromatic N) is 2. The zero-order chi connectivity index (χ0) is 18.4. The maximum Gasteiger partial charge on any atom is 0.314 e. The molecule has 0 spiro atoms. The van der Waals surface area contributed by atoms with E-state index in [9.17, 15) is 14.9 Å². The molecule has 0 heterocycles. The standard InChI is InChI=1S/C17H19N3O5/c1-19(2)13-6-4-12(5-7-13)18-17(21)11-25-16-9-8-14(24-3)10-15(16)20(22)23/h4-10H,11H2,1-3H3,(H,18,21). The van der Waals surface area contributed by atoms with E-state index in [0.717, 1.165) is 5.69 Å². The van der Waals surface area contributed by atoms with Crippen LogP contribution in [-0.4, -0.2) is 38.6 Å². The fourth-order valence-electron chi connectivity index (χ4n) is 2.07. The van der Waals surface area contributed by atoms with Gasteiger partial charge in [-0.2, -0.15) is 0 Å². The summed E-state index contributed by atoms with van der Waals surface area (Å²) in [5, 5.41) is 13.8. The molecule has 132 valence electrons. The highest BCUT2D eigenvalue weighted by atomic mass is 16.6. The zero-order valence-corrected chi connectivity index (χ0v) is 14.2. The lowest BCUT2D eigenvalue weighted by molar-refractivity contribution is -0.385. The Morgan fingerprint density at radius 2 is 1.88 bits per heavy atom. The van der Waals surface area contributed by atoms with Crippen molar-refractivity contribution in [1.82, 2.24) is 0 Å². The van der Waals surface area contributed by atoms with E-state index in [1.54, 1.807) is 12.1 Å². The second-order valence-electron chi connectivity index (χ2n) is 5.37. The molecular weight excluding hydrogens is 326 g/mol. The van der Waals surface area contributed by atoms with Gasteiger partial charge in [0.05, 0.1) is 18.1 Å². The quantitative estimate of drug-likeness (QED) is 0.612. The normalized spacial score (nSPS) is 10.0. The summed E-state index contributed by atoms with van der Waals surface area (Å²) >= 11 is 0. The fraction of sp³-hybridized carbons (Fsp3) is 0.235. The molecule has 2 aromatic rings. The molecule has 0 bridgehead atoms. The molecular formula is C17H19N3O5. The maximum absolute atomic E-state index is 12.0. The number of hydrogen-bond acceptors (Lipinski definition) is 6. The summed E-state index contributed by atoms with van der Waals surface area (Å²) in [4.78, 5) is 24.4. The number of anilines is 2. The van der Waals surface area contributed by atoms with Gasteiger partial charge in [0.1, 0.15) is 5.75 Å². The largest absolute Gasteiger partial charge is 0.496 e. The van der Waals surface area contributed by atoms with Gasteiger partial charge < -0.3 is 19.7 Å². The molecule has 0 atom stereocenters. The summed E-state index contributed by atoms with van der Waals surface area (Å²) in [7, 11) is 5.25. The molecule has 0 aromatic heterocycles. The van der Waals surface area contributed by atoms with E-state index in [-0.39, 0.29) is 18.0 Å². The van der Waals surface area contributed by atoms with Crippen molar-refractivity contribution in [3.63, 3.8) is 0 Å². The molecule has 0 saturated carbocycles. The Morgan fingerprint density at radius 3 is 2.44 bits per heavy atom. The van der Waals surface area contributed by atoms with Crippen LogP contribution in [0, 0.1) is 10.1 Å². The van der Waals surface area contributed by atoms with Crippen LogP contribution in [-0.2, 0) is 4.79 Å². The predicted octanol–water partition coefficient (Wildman–Crippen LogP) is 2.69. The summed E-state index contributed by atoms with van der Waals surface area (Å²) < 4.78 is 10.2. The fourth-order valence-corrected chi connectivity index (χ4v) is 2.07. The molecule has 0 fully saturated rings. The number of hydrogen-bond donors (Lipinski definition) is 1. The van der Waals surface area contributed by atoms with E-state index >= 15 is 0 Å². The molecule has 0 aliphatic carbocycles. The minimum Gasteiger partial charge on any atom is -0.496 e. The molecule has 2 aromatic carbocycles. The number of benzene rings is 2. The van der Waals surface area contributed by atoms with E-state index in [4.69, 9.17) is 9.47 Å². The lowest BCUT2D eigenvalue weighted by Crippen LogP contribution is -2.20. The summed E-state index contributed by atoms with van der Waals surface area (Å²) in [5.41, 5.74) is 1.36. The predicted molar refractivity (Wildman–Crippen MR) is 94.5 cm³/mol. The summed E-state index contributed by atoms with van der Waals surface area (Å²) in [5.74, 6) is -0.0730. The monoisotopic (exact) mass is 345 g/mol.